The zero-order chi connectivity index (χ0) is 10.8. The molecule has 1 aliphatic rings. The van der Waals surface area contributed by atoms with Crippen molar-refractivity contribution in [3.05, 3.63) is 28.7 Å². The first-order chi connectivity index (χ1) is 7.18. The summed E-state index contributed by atoms with van der Waals surface area (Å²) in [4.78, 5) is 0.900. The Bertz CT molecular complexity index is 383. The van der Waals surface area contributed by atoms with Gasteiger partial charge in [0, 0.05) is 15.8 Å². The van der Waals surface area contributed by atoms with E-state index in [4.69, 9.17) is 5.73 Å². The van der Waals surface area contributed by atoms with Crippen molar-refractivity contribution >= 4 is 26.7 Å². The number of hydrogen-bond donors (Lipinski definition) is 1. The Hall–Kier alpha value is -0.190. The summed E-state index contributed by atoms with van der Waals surface area (Å²) in [5.74, 6) is 0. The van der Waals surface area contributed by atoms with Crippen LogP contribution in [0.15, 0.2) is 33.6 Å². The summed E-state index contributed by atoms with van der Waals surface area (Å²) in [5, 5.41) is 0.235. The molecule has 2 N–H and O–H groups in total. The number of hydrogen-bond acceptors (Lipinski definition) is 2. The van der Waals surface area contributed by atoms with Gasteiger partial charge in [0.25, 0.3) is 0 Å². The second-order valence-electron chi connectivity index (χ2n) is 3.92. The summed E-state index contributed by atoms with van der Waals surface area (Å²) >= 11 is 3.43. The summed E-state index contributed by atoms with van der Waals surface area (Å²) < 4.78 is 13.2. The van der Waals surface area contributed by atoms with E-state index in [2.05, 4.69) is 15.9 Å². The van der Waals surface area contributed by atoms with Gasteiger partial charge in [0.1, 0.15) is 0 Å². The maximum atomic E-state index is 12.2. The van der Waals surface area contributed by atoms with Crippen LogP contribution in [0.25, 0.3) is 0 Å². The van der Waals surface area contributed by atoms with Crippen LogP contribution in [0.1, 0.15) is 19.3 Å². The Balaban J connectivity index is 2.18. The van der Waals surface area contributed by atoms with Crippen molar-refractivity contribution < 1.29 is 4.21 Å². The lowest BCUT2D eigenvalue weighted by Crippen LogP contribution is -2.18. The van der Waals surface area contributed by atoms with E-state index in [1.165, 1.54) is 0 Å². The quantitative estimate of drug-likeness (QED) is 0.908. The van der Waals surface area contributed by atoms with E-state index in [1.807, 2.05) is 24.3 Å². The summed E-state index contributed by atoms with van der Waals surface area (Å²) in [6, 6.07) is 7.95. The molecule has 0 bridgehead atoms. The molecule has 0 heterocycles. The van der Waals surface area contributed by atoms with Crippen LogP contribution in [0.5, 0.6) is 0 Å². The van der Waals surface area contributed by atoms with Crippen LogP contribution in [0.4, 0.5) is 0 Å². The molecule has 0 radical (unpaired) electrons. The van der Waals surface area contributed by atoms with Crippen LogP contribution < -0.4 is 5.73 Å². The SMILES string of the molecule is NC1CCC(S(=O)c2ccccc2Br)C1. The lowest BCUT2D eigenvalue weighted by molar-refractivity contribution is 0.664. The van der Waals surface area contributed by atoms with E-state index >= 15 is 0 Å². The highest BCUT2D eigenvalue weighted by Gasteiger charge is 2.28. The Morgan fingerprint density at radius 3 is 2.67 bits per heavy atom. The molecule has 15 heavy (non-hydrogen) atoms. The Kier molecular flexibility index (Phi) is 3.59. The normalized spacial score (nSPS) is 27.9. The molecule has 3 atom stereocenters. The fourth-order valence-corrected chi connectivity index (χ4v) is 4.32. The lowest BCUT2D eigenvalue weighted by atomic mass is 10.3. The van der Waals surface area contributed by atoms with E-state index in [9.17, 15) is 4.21 Å². The summed E-state index contributed by atoms with van der Waals surface area (Å²) in [6.07, 6.45) is 2.86. The molecule has 1 aliphatic carbocycles. The first-order valence-corrected chi connectivity index (χ1v) is 7.10. The minimum Gasteiger partial charge on any atom is -0.328 e. The van der Waals surface area contributed by atoms with Gasteiger partial charge in [-0.05, 0) is 47.3 Å². The first-order valence-electron chi connectivity index (χ1n) is 5.09. The molecule has 2 nitrogen and oxygen atoms in total. The van der Waals surface area contributed by atoms with Gasteiger partial charge in [0.15, 0.2) is 0 Å². The molecular weight excluding hydrogens is 274 g/mol. The Morgan fingerprint density at radius 1 is 1.33 bits per heavy atom. The van der Waals surface area contributed by atoms with Crippen molar-refractivity contribution in [3.63, 3.8) is 0 Å². The number of rotatable bonds is 2. The first kappa shape index (κ1) is 11.3. The Labute approximate surface area is 101 Å². The molecule has 1 aromatic carbocycles. The van der Waals surface area contributed by atoms with E-state index in [1.54, 1.807) is 0 Å². The smallest absolute Gasteiger partial charge is 0.0572 e. The van der Waals surface area contributed by atoms with Gasteiger partial charge in [-0.15, -0.1) is 0 Å². The molecule has 0 aromatic heterocycles. The van der Waals surface area contributed by atoms with Crippen molar-refractivity contribution in [2.75, 3.05) is 0 Å². The van der Waals surface area contributed by atoms with Crippen molar-refractivity contribution in [1.82, 2.24) is 0 Å². The maximum Gasteiger partial charge on any atom is 0.0572 e. The van der Waals surface area contributed by atoms with Gasteiger partial charge >= 0.3 is 0 Å². The zero-order valence-electron chi connectivity index (χ0n) is 8.36. The average molecular weight is 288 g/mol. The molecule has 3 unspecified atom stereocenters. The second kappa shape index (κ2) is 4.76. The fourth-order valence-electron chi connectivity index (χ4n) is 1.96. The molecule has 1 fully saturated rings. The fraction of sp³-hybridized carbons (Fsp3) is 0.455. The summed E-state index contributed by atoms with van der Waals surface area (Å²) in [5.41, 5.74) is 5.83. The molecular formula is C11H14BrNOS. The van der Waals surface area contributed by atoms with Gasteiger partial charge in [-0.3, -0.25) is 4.21 Å². The Morgan fingerprint density at radius 2 is 2.07 bits per heavy atom. The molecule has 0 saturated heterocycles. The van der Waals surface area contributed by atoms with Gasteiger partial charge < -0.3 is 5.73 Å². The highest BCUT2D eigenvalue weighted by molar-refractivity contribution is 9.10. The number of benzene rings is 1. The van der Waals surface area contributed by atoms with E-state index < -0.39 is 10.8 Å². The maximum absolute atomic E-state index is 12.2. The van der Waals surface area contributed by atoms with Crippen LogP contribution in [0.2, 0.25) is 0 Å². The van der Waals surface area contributed by atoms with Crippen LogP contribution in [0.3, 0.4) is 0 Å². The third kappa shape index (κ3) is 2.49. The van der Waals surface area contributed by atoms with Crippen molar-refractivity contribution in [2.24, 2.45) is 5.73 Å². The standard InChI is InChI=1S/C11H14BrNOS/c12-10-3-1-2-4-11(10)15(14)9-6-5-8(13)7-9/h1-4,8-9H,5-7,13H2. The highest BCUT2D eigenvalue weighted by atomic mass is 79.9. The molecule has 82 valence electrons. The van der Waals surface area contributed by atoms with E-state index in [0.29, 0.717) is 0 Å². The number of halogens is 1. The monoisotopic (exact) mass is 287 g/mol. The third-order valence-electron chi connectivity index (χ3n) is 2.78. The molecule has 0 aliphatic heterocycles. The molecule has 1 saturated carbocycles. The second-order valence-corrected chi connectivity index (χ2v) is 6.48. The van der Waals surface area contributed by atoms with Crippen LogP contribution in [-0.4, -0.2) is 15.5 Å². The topological polar surface area (TPSA) is 43.1 Å². The molecule has 1 aromatic rings. The number of nitrogens with two attached hydrogens (primary N) is 1. The lowest BCUT2D eigenvalue weighted by Gasteiger charge is -2.10. The van der Waals surface area contributed by atoms with Crippen LogP contribution in [-0.2, 0) is 10.8 Å². The minimum absolute atomic E-state index is 0.235. The van der Waals surface area contributed by atoms with Crippen molar-refractivity contribution in [1.29, 1.82) is 0 Å². The zero-order valence-corrected chi connectivity index (χ0v) is 10.8. The molecule has 4 heteroatoms. The molecule has 0 amide bonds. The highest BCUT2D eigenvalue weighted by Crippen LogP contribution is 2.29. The van der Waals surface area contributed by atoms with Crippen LogP contribution >= 0.6 is 15.9 Å². The molecule has 0 spiro atoms. The van der Waals surface area contributed by atoms with Gasteiger partial charge in [-0.1, -0.05) is 12.1 Å². The van der Waals surface area contributed by atoms with Crippen LogP contribution in [0, 0.1) is 0 Å². The van der Waals surface area contributed by atoms with Gasteiger partial charge in [-0.25, -0.2) is 0 Å². The summed E-state index contributed by atoms with van der Waals surface area (Å²) in [7, 11) is -0.918. The van der Waals surface area contributed by atoms with Crippen molar-refractivity contribution in [3.8, 4) is 0 Å². The summed E-state index contributed by atoms with van der Waals surface area (Å²) in [6.45, 7) is 0. The third-order valence-corrected chi connectivity index (χ3v) is 5.56. The van der Waals surface area contributed by atoms with Gasteiger partial charge in [0.2, 0.25) is 0 Å². The van der Waals surface area contributed by atoms with Gasteiger partial charge in [0.05, 0.1) is 15.7 Å². The van der Waals surface area contributed by atoms with E-state index in [0.717, 1.165) is 28.6 Å². The predicted molar refractivity (Wildman–Crippen MR) is 66.2 cm³/mol. The van der Waals surface area contributed by atoms with Gasteiger partial charge in [-0.2, -0.15) is 0 Å². The van der Waals surface area contributed by atoms with Crippen molar-refractivity contribution in [2.45, 2.75) is 35.4 Å². The molecule has 2 rings (SSSR count). The minimum atomic E-state index is -0.918. The largest absolute Gasteiger partial charge is 0.328 e. The average Bonchev–Trinajstić information content (AvgIpc) is 2.65. The van der Waals surface area contributed by atoms with E-state index in [-0.39, 0.29) is 11.3 Å². The predicted octanol–water partition coefficient (Wildman–Crippen LogP) is 2.44.